The molecule has 0 saturated heterocycles. The van der Waals surface area contributed by atoms with Crippen molar-refractivity contribution in [3.8, 4) is 5.75 Å². The largest absolute Gasteiger partial charge is 0.481 e. The maximum atomic E-state index is 10.4. The maximum absolute atomic E-state index is 10.4. The molecule has 1 rings (SSSR count). The summed E-state index contributed by atoms with van der Waals surface area (Å²) in [5.74, 6) is -0.429. The topological polar surface area (TPSA) is 46.5 Å². The molecule has 0 heterocycles. The van der Waals surface area contributed by atoms with E-state index >= 15 is 0 Å². The highest BCUT2D eigenvalue weighted by molar-refractivity contribution is 9.10. The van der Waals surface area contributed by atoms with E-state index < -0.39 is 5.97 Å². The Balaban J connectivity index is 2.88. The van der Waals surface area contributed by atoms with Crippen LogP contribution in [-0.2, 0) is 10.2 Å². The third-order valence-electron chi connectivity index (χ3n) is 2.15. The molecule has 0 amide bonds. The predicted octanol–water partition coefficient (Wildman–Crippen LogP) is 3.21. The van der Waals surface area contributed by atoms with E-state index in [1.807, 2.05) is 12.1 Å². The predicted molar refractivity (Wildman–Crippen MR) is 66.0 cm³/mol. The van der Waals surface area contributed by atoms with Crippen LogP contribution in [0, 0.1) is 0 Å². The average molecular weight is 287 g/mol. The molecule has 0 bridgehead atoms. The van der Waals surface area contributed by atoms with E-state index in [0.29, 0.717) is 5.75 Å². The molecular formula is C12H15BrO3. The Labute approximate surface area is 104 Å². The summed E-state index contributed by atoms with van der Waals surface area (Å²) in [6.45, 7) is 6.03. The summed E-state index contributed by atoms with van der Waals surface area (Å²) in [5, 5.41) is 8.51. The van der Waals surface area contributed by atoms with E-state index in [2.05, 4.69) is 36.7 Å². The van der Waals surface area contributed by atoms with E-state index in [0.717, 1.165) is 4.47 Å². The zero-order chi connectivity index (χ0) is 12.3. The highest BCUT2D eigenvalue weighted by Gasteiger charge is 2.15. The van der Waals surface area contributed by atoms with Crippen LogP contribution in [0.5, 0.6) is 5.75 Å². The smallest absolute Gasteiger partial charge is 0.341 e. The van der Waals surface area contributed by atoms with Gasteiger partial charge in [-0.2, -0.15) is 0 Å². The number of hydrogen-bond acceptors (Lipinski definition) is 2. The fraction of sp³-hybridized carbons (Fsp3) is 0.417. The van der Waals surface area contributed by atoms with Gasteiger partial charge in [-0.1, -0.05) is 26.8 Å². The van der Waals surface area contributed by atoms with E-state index in [1.165, 1.54) is 5.56 Å². The fourth-order valence-electron chi connectivity index (χ4n) is 1.22. The molecule has 3 nitrogen and oxygen atoms in total. The first-order valence-electron chi connectivity index (χ1n) is 4.95. The zero-order valence-electron chi connectivity index (χ0n) is 9.58. The Morgan fingerprint density at radius 2 is 2.06 bits per heavy atom. The van der Waals surface area contributed by atoms with Crippen molar-refractivity contribution >= 4 is 21.9 Å². The number of carbonyl (C=O) groups is 1. The lowest BCUT2D eigenvalue weighted by atomic mass is 9.87. The highest BCUT2D eigenvalue weighted by Crippen LogP contribution is 2.31. The average Bonchev–Trinajstić information content (AvgIpc) is 2.14. The molecule has 0 atom stereocenters. The van der Waals surface area contributed by atoms with Gasteiger partial charge in [0.1, 0.15) is 5.75 Å². The SMILES string of the molecule is CC(C)(C)c1ccc(OCC(=O)O)c(Br)c1. The van der Waals surface area contributed by atoms with Gasteiger partial charge >= 0.3 is 5.97 Å². The molecule has 1 aromatic carbocycles. The molecule has 0 aliphatic carbocycles. The summed E-state index contributed by atoms with van der Waals surface area (Å²) >= 11 is 3.37. The van der Waals surface area contributed by atoms with Gasteiger partial charge in [-0.25, -0.2) is 4.79 Å². The van der Waals surface area contributed by atoms with Crippen LogP contribution in [0.3, 0.4) is 0 Å². The van der Waals surface area contributed by atoms with E-state index in [9.17, 15) is 4.79 Å². The van der Waals surface area contributed by atoms with Gasteiger partial charge in [-0.15, -0.1) is 0 Å². The summed E-state index contributed by atoms with van der Waals surface area (Å²) in [6, 6.07) is 5.69. The minimum Gasteiger partial charge on any atom is -0.481 e. The minimum atomic E-state index is -0.980. The monoisotopic (exact) mass is 286 g/mol. The molecule has 0 aromatic heterocycles. The van der Waals surface area contributed by atoms with Crippen molar-refractivity contribution in [1.82, 2.24) is 0 Å². The summed E-state index contributed by atoms with van der Waals surface area (Å²) in [5.41, 5.74) is 1.23. The van der Waals surface area contributed by atoms with Gasteiger partial charge in [-0.05, 0) is 39.0 Å². The van der Waals surface area contributed by atoms with Crippen LogP contribution in [0.1, 0.15) is 26.3 Å². The Morgan fingerprint density at radius 3 is 2.50 bits per heavy atom. The lowest BCUT2D eigenvalue weighted by Gasteiger charge is -2.20. The second-order valence-corrected chi connectivity index (χ2v) is 5.43. The lowest BCUT2D eigenvalue weighted by molar-refractivity contribution is -0.139. The Morgan fingerprint density at radius 1 is 1.44 bits per heavy atom. The first-order valence-corrected chi connectivity index (χ1v) is 5.74. The molecule has 0 radical (unpaired) electrons. The van der Waals surface area contributed by atoms with Crippen LogP contribution in [0.25, 0.3) is 0 Å². The van der Waals surface area contributed by atoms with Gasteiger partial charge in [0.05, 0.1) is 4.47 Å². The number of hydrogen-bond donors (Lipinski definition) is 1. The second-order valence-electron chi connectivity index (χ2n) is 4.58. The molecule has 0 fully saturated rings. The van der Waals surface area contributed by atoms with E-state index in [4.69, 9.17) is 9.84 Å². The summed E-state index contributed by atoms with van der Waals surface area (Å²) in [6.07, 6.45) is 0. The summed E-state index contributed by atoms with van der Waals surface area (Å²) < 4.78 is 5.90. The number of aliphatic carboxylic acids is 1. The quantitative estimate of drug-likeness (QED) is 0.928. The van der Waals surface area contributed by atoms with Crippen LogP contribution in [-0.4, -0.2) is 17.7 Å². The number of halogens is 1. The van der Waals surface area contributed by atoms with Crippen molar-refractivity contribution in [1.29, 1.82) is 0 Å². The number of rotatable bonds is 3. The van der Waals surface area contributed by atoms with Crippen molar-refractivity contribution in [2.24, 2.45) is 0 Å². The van der Waals surface area contributed by atoms with Crippen molar-refractivity contribution in [2.45, 2.75) is 26.2 Å². The van der Waals surface area contributed by atoms with Crippen LogP contribution < -0.4 is 4.74 Å². The van der Waals surface area contributed by atoms with Crippen LogP contribution in [0.2, 0.25) is 0 Å². The normalized spacial score (nSPS) is 11.2. The molecule has 16 heavy (non-hydrogen) atoms. The first-order chi connectivity index (χ1) is 7.30. The number of ether oxygens (including phenoxy) is 1. The summed E-state index contributed by atoms with van der Waals surface area (Å²) in [4.78, 5) is 10.4. The van der Waals surface area contributed by atoms with Crippen molar-refractivity contribution in [3.63, 3.8) is 0 Å². The molecule has 1 N–H and O–H groups in total. The lowest BCUT2D eigenvalue weighted by Crippen LogP contribution is -2.12. The van der Waals surface area contributed by atoms with E-state index in [-0.39, 0.29) is 12.0 Å². The molecule has 0 unspecified atom stereocenters. The van der Waals surface area contributed by atoms with Gasteiger partial charge in [0.15, 0.2) is 6.61 Å². The van der Waals surface area contributed by atoms with Gasteiger partial charge < -0.3 is 9.84 Å². The highest BCUT2D eigenvalue weighted by atomic mass is 79.9. The molecule has 0 aliphatic heterocycles. The third-order valence-corrected chi connectivity index (χ3v) is 2.77. The first kappa shape index (κ1) is 13.0. The Kier molecular flexibility index (Phi) is 3.97. The van der Waals surface area contributed by atoms with E-state index in [1.54, 1.807) is 6.07 Å². The van der Waals surface area contributed by atoms with Crippen molar-refractivity contribution < 1.29 is 14.6 Å². The molecule has 88 valence electrons. The molecule has 1 aromatic rings. The Bertz CT molecular complexity index is 394. The molecule has 0 aliphatic rings. The van der Waals surface area contributed by atoms with Crippen LogP contribution in [0.15, 0.2) is 22.7 Å². The molecule has 4 heteroatoms. The van der Waals surface area contributed by atoms with Crippen LogP contribution in [0.4, 0.5) is 0 Å². The molecular weight excluding hydrogens is 272 g/mol. The van der Waals surface area contributed by atoms with Gasteiger partial charge in [0, 0.05) is 0 Å². The van der Waals surface area contributed by atoms with Crippen LogP contribution >= 0.6 is 15.9 Å². The summed E-state index contributed by atoms with van der Waals surface area (Å²) in [7, 11) is 0. The third kappa shape index (κ3) is 3.52. The van der Waals surface area contributed by atoms with Gasteiger partial charge in [0.2, 0.25) is 0 Å². The second kappa shape index (κ2) is 4.87. The fourth-order valence-corrected chi connectivity index (χ4v) is 1.72. The molecule has 0 saturated carbocycles. The Hall–Kier alpha value is -1.03. The molecule has 0 spiro atoms. The number of benzene rings is 1. The van der Waals surface area contributed by atoms with Gasteiger partial charge in [0.25, 0.3) is 0 Å². The zero-order valence-corrected chi connectivity index (χ0v) is 11.2. The van der Waals surface area contributed by atoms with Gasteiger partial charge in [-0.3, -0.25) is 0 Å². The minimum absolute atomic E-state index is 0.0633. The maximum Gasteiger partial charge on any atom is 0.341 e. The van der Waals surface area contributed by atoms with Crippen molar-refractivity contribution in [2.75, 3.05) is 6.61 Å². The van der Waals surface area contributed by atoms with Crippen molar-refractivity contribution in [3.05, 3.63) is 28.2 Å². The standard InChI is InChI=1S/C12H15BrO3/c1-12(2,3)8-4-5-10(9(13)6-8)16-7-11(14)15/h4-6H,7H2,1-3H3,(H,14,15). The number of carboxylic acids is 1. The number of carboxylic acid groups (broad SMARTS) is 1.